The molecule has 1 aliphatic carbocycles. The summed E-state index contributed by atoms with van der Waals surface area (Å²) >= 11 is 1.84. The third-order valence-electron chi connectivity index (χ3n) is 5.33. The number of guanidine groups is 1. The highest BCUT2D eigenvalue weighted by atomic mass is 32.1. The molecule has 2 heterocycles. The van der Waals surface area contributed by atoms with Crippen molar-refractivity contribution in [3.8, 4) is 0 Å². The van der Waals surface area contributed by atoms with Crippen LogP contribution in [0.5, 0.6) is 0 Å². The molecule has 140 valence electrons. The van der Waals surface area contributed by atoms with Gasteiger partial charge in [-0.15, -0.1) is 11.3 Å². The lowest BCUT2D eigenvalue weighted by molar-refractivity contribution is 0.253. The van der Waals surface area contributed by atoms with E-state index < -0.39 is 0 Å². The molecule has 2 fully saturated rings. The maximum absolute atomic E-state index is 4.85. The van der Waals surface area contributed by atoms with Crippen LogP contribution in [-0.2, 0) is 0 Å². The maximum atomic E-state index is 4.85. The van der Waals surface area contributed by atoms with Gasteiger partial charge in [0.1, 0.15) is 0 Å². The number of hydrogen-bond donors (Lipinski definition) is 2. The van der Waals surface area contributed by atoms with E-state index in [4.69, 9.17) is 4.99 Å². The fourth-order valence-electron chi connectivity index (χ4n) is 3.40. The Balaban J connectivity index is 1.47. The highest BCUT2D eigenvalue weighted by molar-refractivity contribution is 7.14. The molecular formula is C19H33N5S. The van der Waals surface area contributed by atoms with Gasteiger partial charge in [0.15, 0.2) is 5.96 Å². The van der Waals surface area contributed by atoms with Crippen LogP contribution >= 0.6 is 11.3 Å². The molecule has 0 amide bonds. The van der Waals surface area contributed by atoms with E-state index in [-0.39, 0.29) is 0 Å². The van der Waals surface area contributed by atoms with Crippen LogP contribution in [-0.4, -0.2) is 62.2 Å². The molecule has 1 saturated heterocycles. The van der Waals surface area contributed by atoms with Gasteiger partial charge in [-0.25, -0.2) is 0 Å². The second kappa shape index (κ2) is 8.90. The largest absolute Gasteiger partial charge is 0.363 e. The molecule has 6 heteroatoms. The molecule has 1 unspecified atom stereocenters. The van der Waals surface area contributed by atoms with Gasteiger partial charge in [-0.1, -0.05) is 0 Å². The number of aliphatic imine (C=N–C) groups is 1. The molecule has 5 nitrogen and oxygen atoms in total. The molecule has 0 aromatic carbocycles. The Morgan fingerprint density at radius 3 is 2.72 bits per heavy atom. The Hall–Kier alpha value is -1.27. The Morgan fingerprint density at radius 1 is 1.36 bits per heavy atom. The number of nitrogens with one attached hydrogen (secondary N) is 2. The van der Waals surface area contributed by atoms with Gasteiger partial charge in [0.05, 0.1) is 11.5 Å². The van der Waals surface area contributed by atoms with Crippen molar-refractivity contribution in [1.82, 2.24) is 15.5 Å². The summed E-state index contributed by atoms with van der Waals surface area (Å²) in [5.74, 6) is 0.980. The van der Waals surface area contributed by atoms with E-state index in [0.717, 1.165) is 38.2 Å². The lowest BCUT2D eigenvalue weighted by Crippen LogP contribution is -2.49. The van der Waals surface area contributed by atoms with Crippen LogP contribution in [0.1, 0.15) is 39.5 Å². The first-order valence-electron chi connectivity index (χ1n) is 9.72. The average molecular weight is 364 g/mol. The summed E-state index contributed by atoms with van der Waals surface area (Å²) in [7, 11) is 2.23. The van der Waals surface area contributed by atoms with Crippen molar-refractivity contribution in [2.45, 2.75) is 57.7 Å². The first-order chi connectivity index (χ1) is 12.2. The van der Waals surface area contributed by atoms with Gasteiger partial charge in [-0.2, -0.15) is 0 Å². The standard InChI is InChI=1S/C19H33N5S/c1-4-20-19(21-14-15(2)23(3)17-7-8-17)22-16-9-11-24(12-10-16)18-6-5-13-25-18/h5-6,13,15-17H,4,7-12,14H2,1-3H3,(H2,20,21,22). The summed E-state index contributed by atoms with van der Waals surface area (Å²) in [5.41, 5.74) is 0. The quantitative estimate of drug-likeness (QED) is 0.577. The van der Waals surface area contributed by atoms with Gasteiger partial charge in [0.2, 0.25) is 0 Å². The van der Waals surface area contributed by atoms with Crippen LogP contribution in [0.25, 0.3) is 0 Å². The number of thiophene rings is 1. The van der Waals surface area contributed by atoms with Crippen LogP contribution < -0.4 is 15.5 Å². The van der Waals surface area contributed by atoms with Gasteiger partial charge < -0.3 is 15.5 Å². The van der Waals surface area contributed by atoms with Crippen LogP contribution in [0.3, 0.4) is 0 Å². The molecular weight excluding hydrogens is 330 g/mol. The number of anilines is 1. The van der Waals surface area contributed by atoms with E-state index in [2.05, 4.69) is 58.8 Å². The van der Waals surface area contributed by atoms with E-state index >= 15 is 0 Å². The molecule has 1 aromatic heterocycles. The smallest absolute Gasteiger partial charge is 0.191 e. The zero-order valence-corrected chi connectivity index (χ0v) is 16.7. The van der Waals surface area contributed by atoms with Gasteiger partial charge in [0.25, 0.3) is 0 Å². The van der Waals surface area contributed by atoms with Crippen molar-refractivity contribution < 1.29 is 0 Å². The fourth-order valence-corrected chi connectivity index (χ4v) is 4.19. The van der Waals surface area contributed by atoms with Crippen molar-refractivity contribution in [2.75, 3.05) is 38.1 Å². The van der Waals surface area contributed by atoms with Crippen molar-refractivity contribution in [3.63, 3.8) is 0 Å². The lowest BCUT2D eigenvalue weighted by atomic mass is 10.1. The number of likely N-dealkylation sites (N-methyl/N-ethyl adjacent to an activating group) is 1. The van der Waals surface area contributed by atoms with Crippen molar-refractivity contribution in [2.24, 2.45) is 4.99 Å². The molecule has 1 saturated carbocycles. The van der Waals surface area contributed by atoms with Crippen LogP contribution in [0.4, 0.5) is 5.00 Å². The third kappa shape index (κ3) is 5.35. The van der Waals surface area contributed by atoms with Crippen molar-refractivity contribution >= 4 is 22.3 Å². The summed E-state index contributed by atoms with van der Waals surface area (Å²) in [5, 5.41) is 10.6. The summed E-state index contributed by atoms with van der Waals surface area (Å²) < 4.78 is 0. The zero-order chi connectivity index (χ0) is 17.6. The summed E-state index contributed by atoms with van der Waals surface area (Å²) in [6.45, 7) is 8.43. The highest BCUT2D eigenvalue weighted by Crippen LogP contribution is 2.27. The minimum atomic E-state index is 0.503. The Kier molecular flexibility index (Phi) is 6.59. The predicted molar refractivity (Wildman–Crippen MR) is 109 cm³/mol. The van der Waals surface area contributed by atoms with Crippen LogP contribution in [0, 0.1) is 0 Å². The van der Waals surface area contributed by atoms with Crippen molar-refractivity contribution in [1.29, 1.82) is 0 Å². The van der Waals surface area contributed by atoms with E-state index in [9.17, 15) is 0 Å². The molecule has 3 rings (SSSR count). The molecule has 1 aromatic rings. The molecule has 0 radical (unpaired) electrons. The Morgan fingerprint density at radius 2 is 2.12 bits per heavy atom. The first kappa shape index (κ1) is 18.5. The van der Waals surface area contributed by atoms with Crippen molar-refractivity contribution in [3.05, 3.63) is 17.5 Å². The second-order valence-corrected chi connectivity index (χ2v) is 8.25. The number of hydrogen-bond acceptors (Lipinski definition) is 4. The predicted octanol–water partition coefficient (Wildman–Crippen LogP) is 2.75. The summed E-state index contributed by atoms with van der Waals surface area (Å²) in [4.78, 5) is 9.83. The molecule has 25 heavy (non-hydrogen) atoms. The Labute approximate surface area is 156 Å². The molecule has 1 atom stereocenters. The average Bonchev–Trinajstić information content (AvgIpc) is 3.34. The molecule has 1 aliphatic heterocycles. The van der Waals surface area contributed by atoms with Gasteiger partial charge in [0, 0.05) is 37.8 Å². The van der Waals surface area contributed by atoms with Crippen LogP contribution in [0.2, 0.25) is 0 Å². The highest BCUT2D eigenvalue weighted by Gasteiger charge is 2.29. The van der Waals surface area contributed by atoms with E-state index in [1.165, 1.54) is 30.7 Å². The number of rotatable bonds is 7. The lowest BCUT2D eigenvalue weighted by Gasteiger charge is -2.33. The van der Waals surface area contributed by atoms with Gasteiger partial charge >= 0.3 is 0 Å². The molecule has 2 aliphatic rings. The van der Waals surface area contributed by atoms with Crippen LogP contribution in [0.15, 0.2) is 22.5 Å². The summed E-state index contributed by atoms with van der Waals surface area (Å²) in [6, 6.07) is 6.18. The minimum absolute atomic E-state index is 0.503. The SMILES string of the molecule is CCNC(=NCC(C)N(C)C1CC1)NC1CCN(c2cccs2)CC1. The van der Waals surface area contributed by atoms with Gasteiger partial charge in [-0.05, 0) is 64.1 Å². The Bertz CT molecular complexity index is 532. The second-order valence-electron chi connectivity index (χ2n) is 7.32. The minimum Gasteiger partial charge on any atom is -0.363 e. The molecule has 0 spiro atoms. The first-order valence-corrected chi connectivity index (χ1v) is 10.6. The van der Waals surface area contributed by atoms with E-state index in [1.54, 1.807) is 0 Å². The number of piperidine rings is 1. The maximum Gasteiger partial charge on any atom is 0.191 e. The fraction of sp³-hybridized carbons (Fsp3) is 0.737. The number of nitrogens with zero attached hydrogens (tertiary/aromatic N) is 3. The third-order valence-corrected chi connectivity index (χ3v) is 6.26. The zero-order valence-electron chi connectivity index (χ0n) is 15.9. The topological polar surface area (TPSA) is 42.9 Å². The van der Waals surface area contributed by atoms with Gasteiger partial charge in [-0.3, -0.25) is 9.89 Å². The molecule has 0 bridgehead atoms. The molecule has 2 N–H and O–H groups in total. The van der Waals surface area contributed by atoms with E-state index in [0.29, 0.717) is 12.1 Å². The monoisotopic (exact) mass is 363 g/mol. The normalized spacial score (nSPS) is 20.8. The van der Waals surface area contributed by atoms with E-state index in [1.807, 2.05) is 11.3 Å². The summed E-state index contributed by atoms with van der Waals surface area (Å²) in [6.07, 6.45) is 5.04.